The molecule has 0 aliphatic rings. The molecule has 1 atom stereocenters. The third kappa shape index (κ3) is 6.44. The number of aliphatic hydroxyl groups is 1. The lowest BCUT2D eigenvalue weighted by Crippen LogP contribution is -2.40. The second-order valence-corrected chi connectivity index (χ2v) is 4.31. The molecular weight excluding hydrogens is 281 g/mol. The molecule has 0 amide bonds. The van der Waals surface area contributed by atoms with Crippen molar-refractivity contribution >= 4 is 11.8 Å². The Morgan fingerprint density at radius 3 is 2.48 bits per heavy atom. The van der Waals surface area contributed by atoms with Crippen LogP contribution >= 0.6 is 0 Å². The Labute approximate surface area is 121 Å². The van der Waals surface area contributed by atoms with Gasteiger partial charge in [-0.05, 0) is 24.3 Å². The number of nitrogens with one attached hydrogen (secondary N) is 1. The van der Waals surface area contributed by atoms with E-state index in [-0.39, 0.29) is 38.3 Å². The predicted molar refractivity (Wildman–Crippen MR) is 72.7 cm³/mol. The molecule has 0 aromatic heterocycles. The number of rotatable bonds is 10. The predicted octanol–water partition coefficient (Wildman–Crippen LogP) is 0.450. The van der Waals surface area contributed by atoms with Gasteiger partial charge in [0.05, 0.1) is 32.3 Å². The SMILES string of the molecule is O=C(O)CC(NCCOCCO)C(=O)c1ccc(F)cc1. The Balaban J connectivity index is 2.61. The summed E-state index contributed by atoms with van der Waals surface area (Å²) in [6.07, 6.45) is -0.379. The first-order chi connectivity index (χ1) is 10.0. The molecule has 116 valence electrons. The molecule has 1 unspecified atom stereocenters. The zero-order valence-electron chi connectivity index (χ0n) is 11.4. The Bertz CT molecular complexity index is 463. The van der Waals surface area contributed by atoms with Crippen LogP contribution in [0.3, 0.4) is 0 Å². The highest BCUT2D eigenvalue weighted by molar-refractivity contribution is 6.01. The quantitative estimate of drug-likeness (QED) is 0.429. The highest BCUT2D eigenvalue weighted by Crippen LogP contribution is 2.08. The van der Waals surface area contributed by atoms with E-state index in [1.807, 2.05) is 0 Å². The molecule has 0 bridgehead atoms. The van der Waals surface area contributed by atoms with Crippen molar-refractivity contribution in [3.63, 3.8) is 0 Å². The van der Waals surface area contributed by atoms with E-state index in [0.29, 0.717) is 0 Å². The van der Waals surface area contributed by atoms with Gasteiger partial charge >= 0.3 is 5.97 Å². The van der Waals surface area contributed by atoms with Crippen LogP contribution in [0.5, 0.6) is 0 Å². The summed E-state index contributed by atoms with van der Waals surface area (Å²) in [5.74, 6) is -1.99. The maximum Gasteiger partial charge on any atom is 0.305 e. The summed E-state index contributed by atoms with van der Waals surface area (Å²) in [4.78, 5) is 23.0. The smallest absolute Gasteiger partial charge is 0.305 e. The minimum Gasteiger partial charge on any atom is -0.481 e. The van der Waals surface area contributed by atoms with Gasteiger partial charge in [-0.15, -0.1) is 0 Å². The first kappa shape index (κ1) is 17.2. The standard InChI is InChI=1S/C14H18FNO5/c15-11-3-1-10(2-4-11)14(20)12(9-13(18)19)16-5-7-21-8-6-17/h1-4,12,16-17H,5-9H2,(H,18,19). The van der Waals surface area contributed by atoms with E-state index < -0.39 is 23.6 Å². The number of halogens is 1. The molecule has 1 rings (SSSR count). The minimum atomic E-state index is -1.11. The molecule has 0 spiro atoms. The molecule has 0 saturated heterocycles. The number of benzene rings is 1. The molecule has 21 heavy (non-hydrogen) atoms. The number of carboxylic acid groups (broad SMARTS) is 1. The van der Waals surface area contributed by atoms with E-state index in [1.54, 1.807) is 0 Å². The van der Waals surface area contributed by atoms with Gasteiger partial charge < -0.3 is 20.3 Å². The van der Waals surface area contributed by atoms with Gasteiger partial charge in [-0.2, -0.15) is 0 Å². The van der Waals surface area contributed by atoms with Crippen LogP contribution in [-0.2, 0) is 9.53 Å². The molecule has 3 N–H and O–H groups in total. The number of Topliss-reactive ketones (excluding diaryl/α,β-unsaturated/α-hetero) is 1. The number of aliphatic hydroxyl groups excluding tert-OH is 1. The molecule has 1 aromatic carbocycles. The van der Waals surface area contributed by atoms with Crippen molar-refractivity contribution < 1.29 is 28.9 Å². The largest absolute Gasteiger partial charge is 0.481 e. The van der Waals surface area contributed by atoms with Gasteiger partial charge in [0, 0.05) is 12.1 Å². The van der Waals surface area contributed by atoms with Crippen LogP contribution in [0.25, 0.3) is 0 Å². The molecule has 6 nitrogen and oxygen atoms in total. The van der Waals surface area contributed by atoms with Crippen LogP contribution in [0.2, 0.25) is 0 Å². The van der Waals surface area contributed by atoms with Crippen molar-refractivity contribution in [2.75, 3.05) is 26.4 Å². The van der Waals surface area contributed by atoms with E-state index in [9.17, 15) is 14.0 Å². The van der Waals surface area contributed by atoms with Gasteiger partial charge in [0.25, 0.3) is 0 Å². The third-order valence-corrected chi connectivity index (χ3v) is 2.70. The number of carbonyl (C=O) groups is 2. The number of aliphatic carboxylic acids is 1. The van der Waals surface area contributed by atoms with Crippen LogP contribution in [0, 0.1) is 5.82 Å². The molecule has 0 aliphatic heterocycles. The van der Waals surface area contributed by atoms with Crippen molar-refractivity contribution in [2.24, 2.45) is 0 Å². The van der Waals surface area contributed by atoms with E-state index in [2.05, 4.69) is 5.32 Å². The molecule has 0 heterocycles. The highest BCUT2D eigenvalue weighted by Gasteiger charge is 2.22. The maximum atomic E-state index is 12.8. The van der Waals surface area contributed by atoms with Crippen LogP contribution in [0.15, 0.2) is 24.3 Å². The Morgan fingerprint density at radius 2 is 1.90 bits per heavy atom. The maximum absolute atomic E-state index is 12.8. The van der Waals surface area contributed by atoms with Crippen LogP contribution < -0.4 is 5.32 Å². The summed E-state index contributed by atoms with van der Waals surface area (Å²) >= 11 is 0. The topological polar surface area (TPSA) is 95.9 Å². The number of carboxylic acids is 1. The first-order valence-corrected chi connectivity index (χ1v) is 6.48. The van der Waals surface area contributed by atoms with Gasteiger partial charge in [0.2, 0.25) is 0 Å². The fourth-order valence-electron chi connectivity index (χ4n) is 1.72. The number of hydrogen-bond acceptors (Lipinski definition) is 5. The van der Waals surface area contributed by atoms with Crippen LogP contribution in [0.1, 0.15) is 16.8 Å². The number of hydrogen-bond donors (Lipinski definition) is 3. The van der Waals surface area contributed by atoms with E-state index in [0.717, 1.165) is 12.1 Å². The Kier molecular flexibility index (Phi) is 7.52. The average Bonchev–Trinajstić information content (AvgIpc) is 2.45. The summed E-state index contributed by atoms with van der Waals surface area (Å²) in [6, 6.07) is 4.02. The Morgan fingerprint density at radius 1 is 1.24 bits per heavy atom. The zero-order valence-corrected chi connectivity index (χ0v) is 11.4. The monoisotopic (exact) mass is 299 g/mol. The first-order valence-electron chi connectivity index (χ1n) is 6.48. The van der Waals surface area contributed by atoms with Crippen molar-refractivity contribution in [1.82, 2.24) is 5.32 Å². The lowest BCUT2D eigenvalue weighted by Gasteiger charge is -2.16. The number of ketones is 1. The second-order valence-electron chi connectivity index (χ2n) is 4.31. The fourth-order valence-corrected chi connectivity index (χ4v) is 1.72. The molecule has 0 radical (unpaired) electrons. The molecule has 0 aliphatic carbocycles. The summed E-state index contributed by atoms with van der Waals surface area (Å²) in [5.41, 5.74) is 0.242. The van der Waals surface area contributed by atoms with Gasteiger partial charge in [0.1, 0.15) is 5.82 Å². The van der Waals surface area contributed by atoms with E-state index >= 15 is 0 Å². The number of ether oxygens (including phenoxy) is 1. The molecular formula is C14H18FNO5. The van der Waals surface area contributed by atoms with Crippen molar-refractivity contribution in [3.05, 3.63) is 35.6 Å². The van der Waals surface area contributed by atoms with Gasteiger partial charge in [-0.3, -0.25) is 9.59 Å². The van der Waals surface area contributed by atoms with Crippen molar-refractivity contribution in [1.29, 1.82) is 0 Å². The van der Waals surface area contributed by atoms with Gasteiger partial charge in [0.15, 0.2) is 5.78 Å². The summed E-state index contributed by atoms with van der Waals surface area (Å²) < 4.78 is 17.8. The third-order valence-electron chi connectivity index (χ3n) is 2.70. The summed E-state index contributed by atoms with van der Waals surface area (Å²) in [7, 11) is 0. The fraction of sp³-hybridized carbons (Fsp3) is 0.429. The van der Waals surface area contributed by atoms with Crippen molar-refractivity contribution in [2.45, 2.75) is 12.5 Å². The van der Waals surface area contributed by atoms with Crippen molar-refractivity contribution in [3.8, 4) is 0 Å². The summed E-state index contributed by atoms with van der Waals surface area (Å²) in [5, 5.41) is 20.2. The highest BCUT2D eigenvalue weighted by atomic mass is 19.1. The normalized spacial score (nSPS) is 12.1. The van der Waals surface area contributed by atoms with E-state index in [1.165, 1.54) is 12.1 Å². The molecule has 7 heteroatoms. The minimum absolute atomic E-state index is 0.104. The molecule has 0 saturated carbocycles. The molecule has 0 fully saturated rings. The molecule has 1 aromatic rings. The lowest BCUT2D eigenvalue weighted by molar-refractivity contribution is -0.137. The number of carbonyl (C=O) groups excluding carboxylic acids is 1. The Hall–Kier alpha value is -1.83. The van der Waals surface area contributed by atoms with E-state index in [4.69, 9.17) is 14.9 Å². The summed E-state index contributed by atoms with van der Waals surface area (Å²) in [6.45, 7) is 0.586. The second kappa shape index (κ2) is 9.17. The average molecular weight is 299 g/mol. The van der Waals surface area contributed by atoms with Crippen LogP contribution in [0.4, 0.5) is 4.39 Å². The lowest BCUT2D eigenvalue weighted by atomic mass is 10.0. The zero-order chi connectivity index (χ0) is 15.7. The van der Waals surface area contributed by atoms with Crippen LogP contribution in [-0.4, -0.2) is 54.4 Å². The van der Waals surface area contributed by atoms with Gasteiger partial charge in [-0.25, -0.2) is 4.39 Å². The van der Waals surface area contributed by atoms with Gasteiger partial charge in [-0.1, -0.05) is 0 Å².